The summed E-state index contributed by atoms with van der Waals surface area (Å²) in [6, 6.07) is 5.12. The third-order valence-corrected chi connectivity index (χ3v) is 4.07. The second-order valence-electron chi connectivity index (χ2n) is 4.68. The van der Waals surface area contributed by atoms with Gasteiger partial charge in [-0.1, -0.05) is 16.8 Å². The maximum absolute atomic E-state index is 12.1. The minimum absolute atomic E-state index is 0.0144. The Bertz CT molecular complexity index is 670. The van der Waals surface area contributed by atoms with Crippen molar-refractivity contribution >= 4 is 39.1 Å². The molecule has 1 fully saturated rings. The molecule has 2 N–H and O–H groups in total. The van der Waals surface area contributed by atoms with Crippen LogP contribution in [0.4, 0.5) is 5.69 Å². The first-order valence-electron chi connectivity index (χ1n) is 6.47. The van der Waals surface area contributed by atoms with Crippen LogP contribution in [0.1, 0.15) is 35.4 Å². The van der Waals surface area contributed by atoms with E-state index in [1.54, 1.807) is 18.2 Å². The van der Waals surface area contributed by atoms with Crippen LogP contribution in [0.3, 0.4) is 0 Å². The summed E-state index contributed by atoms with van der Waals surface area (Å²) >= 11 is 9.19. The van der Waals surface area contributed by atoms with Gasteiger partial charge in [-0.05, 0) is 53.5 Å². The molecule has 1 unspecified atom stereocenters. The predicted octanol–water partition coefficient (Wildman–Crippen LogP) is 3.16. The van der Waals surface area contributed by atoms with Crippen LogP contribution in [0.5, 0.6) is 0 Å². The summed E-state index contributed by atoms with van der Waals surface area (Å²) in [5.41, 5.74) is 0.592. The lowest BCUT2D eigenvalue weighted by Crippen LogP contribution is -2.16. The zero-order valence-corrected chi connectivity index (χ0v) is 13.2. The number of amides is 1. The molecule has 8 heteroatoms. The summed E-state index contributed by atoms with van der Waals surface area (Å²) in [5, 5.41) is 10.3. The Morgan fingerprint density at radius 1 is 1.52 bits per heavy atom. The molecule has 0 radical (unpaired) electrons. The molecule has 1 atom stereocenters. The van der Waals surface area contributed by atoms with E-state index < -0.39 is 5.91 Å². The molecule has 0 aliphatic carbocycles. The molecule has 1 amide bonds. The number of aromatic nitrogens is 2. The van der Waals surface area contributed by atoms with E-state index in [4.69, 9.17) is 16.1 Å². The van der Waals surface area contributed by atoms with E-state index in [2.05, 4.69) is 36.7 Å². The van der Waals surface area contributed by atoms with Crippen LogP contribution in [0.25, 0.3) is 0 Å². The highest BCUT2D eigenvalue weighted by atomic mass is 79.9. The third kappa shape index (κ3) is 3.25. The third-order valence-electron chi connectivity index (χ3n) is 3.18. The van der Waals surface area contributed by atoms with E-state index >= 15 is 0 Å². The van der Waals surface area contributed by atoms with Gasteiger partial charge in [0.1, 0.15) is 0 Å². The fraction of sp³-hybridized carbons (Fsp3) is 0.308. The molecule has 0 spiro atoms. The summed E-state index contributed by atoms with van der Waals surface area (Å²) in [6.45, 7) is 0.923. The number of halogens is 2. The number of hydrogen-bond acceptors (Lipinski definition) is 5. The van der Waals surface area contributed by atoms with Crippen LogP contribution < -0.4 is 10.6 Å². The summed E-state index contributed by atoms with van der Waals surface area (Å²) in [6.07, 6.45) is 2.00. The minimum Gasteiger partial charge on any atom is -0.337 e. The Kier molecular flexibility index (Phi) is 4.23. The van der Waals surface area contributed by atoms with Crippen LogP contribution >= 0.6 is 27.5 Å². The van der Waals surface area contributed by atoms with Crippen molar-refractivity contribution < 1.29 is 9.32 Å². The molecular weight excluding hydrogens is 360 g/mol. The lowest BCUT2D eigenvalue weighted by atomic mass is 10.2. The van der Waals surface area contributed by atoms with E-state index in [1.165, 1.54) is 0 Å². The normalized spacial score (nSPS) is 17.9. The van der Waals surface area contributed by atoms with Crippen LogP contribution in [-0.2, 0) is 0 Å². The van der Waals surface area contributed by atoms with E-state index in [0.29, 0.717) is 21.1 Å². The smallest absolute Gasteiger partial charge is 0.297 e. The Hall–Kier alpha value is -1.44. The van der Waals surface area contributed by atoms with E-state index in [-0.39, 0.29) is 11.9 Å². The van der Waals surface area contributed by atoms with Gasteiger partial charge in [-0.25, -0.2) is 0 Å². The molecule has 2 aromatic rings. The lowest BCUT2D eigenvalue weighted by Gasteiger charge is -2.05. The minimum atomic E-state index is -0.425. The van der Waals surface area contributed by atoms with Gasteiger partial charge < -0.3 is 15.2 Å². The topological polar surface area (TPSA) is 80.0 Å². The molecule has 110 valence electrons. The monoisotopic (exact) mass is 370 g/mol. The highest BCUT2D eigenvalue weighted by Gasteiger charge is 2.24. The molecular formula is C13H12BrClN4O2. The van der Waals surface area contributed by atoms with Gasteiger partial charge in [0.25, 0.3) is 11.7 Å². The SMILES string of the molecule is O=C(Nc1ccc(Cl)cc1Br)c1noc(C2CCCN2)n1. The number of rotatable bonds is 3. The quantitative estimate of drug-likeness (QED) is 0.866. The average molecular weight is 372 g/mol. The van der Waals surface area contributed by atoms with E-state index in [0.717, 1.165) is 19.4 Å². The molecule has 2 heterocycles. The van der Waals surface area contributed by atoms with Gasteiger partial charge in [0.05, 0.1) is 11.7 Å². The van der Waals surface area contributed by atoms with Gasteiger partial charge in [0.15, 0.2) is 0 Å². The molecule has 3 rings (SSSR count). The summed E-state index contributed by atoms with van der Waals surface area (Å²) in [5.74, 6) is 0.0411. The van der Waals surface area contributed by atoms with Crippen LogP contribution in [0.15, 0.2) is 27.2 Å². The summed E-state index contributed by atoms with van der Waals surface area (Å²) in [7, 11) is 0. The Morgan fingerprint density at radius 3 is 3.10 bits per heavy atom. The molecule has 1 aliphatic rings. The molecule has 6 nitrogen and oxygen atoms in total. The molecule has 1 saturated heterocycles. The van der Waals surface area contributed by atoms with Gasteiger partial charge in [-0.3, -0.25) is 4.79 Å². The molecule has 0 saturated carbocycles. The van der Waals surface area contributed by atoms with Crippen LogP contribution in [0.2, 0.25) is 5.02 Å². The summed E-state index contributed by atoms with van der Waals surface area (Å²) < 4.78 is 5.82. The van der Waals surface area contributed by atoms with Gasteiger partial charge in [-0.15, -0.1) is 0 Å². The average Bonchev–Trinajstić information content (AvgIpc) is 3.10. The first-order chi connectivity index (χ1) is 10.1. The largest absolute Gasteiger partial charge is 0.337 e. The highest BCUT2D eigenvalue weighted by molar-refractivity contribution is 9.10. The van der Waals surface area contributed by atoms with Crippen LogP contribution in [0, 0.1) is 0 Å². The van der Waals surface area contributed by atoms with E-state index in [9.17, 15) is 4.79 Å². The number of carbonyl (C=O) groups excluding carboxylic acids is 1. The lowest BCUT2D eigenvalue weighted by molar-refractivity contribution is 0.101. The Morgan fingerprint density at radius 2 is 2.38 bits per heavy atom. The first kappa shape index (κ1) is 14.5. The molecule has 1 aromatic heterocycles. The maximum atomic E-state index is 12.1. The van der Waals surface area contributed by atoms with Crippen molar-refractivity contribution in [1.29, 1.82) is 0 Å². The fourth-order valence-electron chi connectivity index (χ4n) is 2.13. The second kappa shape index (κ2) is 6.13. The number of benzene rings is 1. The van der Waals surface area contributed by atoms with Crippen molar-refractivity contribution in [2.45, 2.75) is 18.9 Å². The van der Waals surface area contributed by atoms with Crippen molar-refractivity contribution in [1.82, 2.24) is 15.5 Å². The molecule has 1 aromatic carbocycles. The number of carbonyl (C=O) groups is 1. The van der Waals surface area contributed by atoms with Crippen molar-refractivity contribution in [2.75, 3.05) is 11.9 Å². The maximum Gasteiger partial charge on any atom is 0.297 e. The van der Waals surface area contributed by atoms with Crippen molar-refractivity contribution in [2.24, 2.45) is 0 Å². The number of anilines is 1. The molecule has 21 heavy (non-hydrogen) atoms. The Labute approximate surface area is 134 Å². The van der Waals surface area contributed by atoms with Crippen LogP contribution in [-0.4, -0.2) is 22.6 Å². The number of nitrogens with one attached hydrogen (secondary N) is 2. The Balaban J connectivity index is 1.73. The molecule has 1 aliphatic heterocycles. The zero-order chi connectivity index (χ0) is 14.8. The fourth-order valence-corrected chi connectivity index (χ4v) is 2.92. The van der Waals surface area contributed by atoms with Crippen molar-refractivity contribution in [3.63, 3.8) is 0 Å². The van der Waals surface area contributed by atoms with Crippen molar-refractivity contribution in [3.05, 3.63) is 39.4 Å². The zero-order valence-electron chi connectivity index (χ0n) is 10.9. The number of nitrogens with zero attached hydrogens (tertiary/aromatic N) is 2. The van der Waals surface area contributed by atoms with Gasteiger partial charge in [-0.2, -0.15) is 4.98 Å². The first-order valence-corrected chi connectivity index (χ1v) is 7.64. The van der Waals surface area contributed by atoms with Gasteiger partial charge in [0.2, 0.25) is 5.89 Å². The van der Waals surface area contributed by atoms with Gasteiger partial charge >= 0.3 is 0 Å². The van der Waals surface area contributed by atoms with Gasteiger partial charge in [0, 0.05) is 9.50 Å². The highest BCUT2D eigenvalue weighted by Crippen LogP contribution is 2.26. The van der Waals surface area contributed by atoms with Crippen molar-refractivity contribution in [3.8, 4) is 0 Å². The predicted molar refractivity (Wildman–Crippen MR) is 81.4 cm³/mol. The standard InChI is InChI=1S/C13H12BrClN4O2/c14-8-6-7(15)3-4-9(8)17-12(20)11-18-13(21-19-11)10-2-1-5-16-10/h3-4,6,10,16H,1-2,5H2,(H,17,20). The number of hydrogen-bond donors (Lipinski definition) is 2. The molecule has 0 bridgehead atoms. The summed E-state index contributed by atoms with van der Waals surface area (Å²) in [4.78, 5) is 16.3. The van der Waals surface area contributed by atoms with E-state index in [1.807, 2.05) is 0 Å². The second-order valence-corrected chi connectivity index (χ2v) is 5.97.